The van der Waals surface area contributed by atoms with Crippen molar-refractivity contribution in [2.45, 2.75) is 6.92 Å². The minimum Gasteiger partial charge on any atom is -0.476 e. The first-order valence-corrected chi connectivity index (χ1v) is 4.93. The maximum atomic E-state index is 11.0. The van der Waals surface area contributed by atoms with E-state index < -0.39 is 10.9 Å². The molecule has 92 valence electrons. The summed E-state index contributed by atoms with van der Waals surface area (Å²) in [5.74, 6) is -1.40. The minimum absolute atomic E-state index is 0.104. The monoisotopic (exact) mass is 248 g/mol. The lowest BCUT2D eigenvalue weighted by molar-refractivity contribution is -0.384. The fourth-order valence-corrected chi connectivity index (χ4v) is 1.68. The number of carboxylic acid groups (broad SMARTS) is 1. The van der Waals surface area contributed by atoms with Gasteiger partial charge in [-0.05, 0) is 12.5 Å². The molecule has 0 atom stereocenters. The van der Waals surface area contributed by atoms with Crippen molar-refractivity contribution in [3.05, 3.63) is 46.0 Å². The molecule has 0 aliphatic heterocycles. The van der Waals surface area contributed by atoms with Gasteiger partial charge in [0.15, 0.2) is 17.8 Å². The second-order valence-corrected chi connectivity index (χ2v) is 3.56. The van der Waals surface area contributed by atoms with Crippen molar-refractivity contribution < 1.29 is 19.2 Å². The minimum atomic E-state index is -1.30. The topological polar surface area (TPSA) is 106 Å². The lowest BCUT2D eigenvalue weighted by Crippen LogP contribution is -2.01. The van der Waals surface area contributed by atoms with Crippen LogP contribution in [0, 0.1) is 17.0 Å². The summed E-state index contributed by atoms with van der Waals surface area (Å²) in [4.78, 5) is 24.9. The number of nitrogens with zero attached hydrogens (tertiary/aromatic N) is 2. The third kappa shape index (κ3) is 1.81. The number of carbonyl (C=O) groups is 1. The standard InChI is InChI=1S/C11H8N2O5/c1-6-3-2-4-7(13(16)17)8(6)10-9(11(14)15)12-5-18-10/h2-5H,1H3,(H,14,15). The van der Waals surface area contributed by atoms with Gasteiger partial charge < -0.3 is 9.52 Å². The van der Waals surface area contributed by atoms with Gasteiger partial charge in [-0.1, -0.05) is 12.1 Å². The highest BCUT2D eigenvalue weighted by atomic mass is 16.6. The van der Waals surface area contributed by atoms with Gasteiger partial charge in [0.2, 0.25) is 0 Å². The summed E-state index contributed by atoms with van der Waals surface area (Å²) in [7, 11) is 0. The molecular weight excluding hydrogens is 240 g/mol. The number of oxazole rings is 1. The van der Waals surface area contributed by atoms with E-state index in [1.54, 1.807) is 13.0 Å². The van der Waals surface area contributed by atoms with Crippen LogP contribution in [0.4, 0.5) is 5.69 Å². The van der Waals surface area contributed by atoms with E-state index in [0.717, 1.165) is 6.39 Å². The molecule has 0 spiro atoms. The molecule has 0 radical (unpaired) electrons. The molecule has 2 rings (SSSR count). The van der Waals surface area contributed by atoms with Crippen LogP contribution >= 0.6 is 0 Å². The van der Waals surface area contributed by atoms with Crippen LogP contribution in [0.1, 0.15) is 16.1 Å². The predicted octanol–water partition coefficient (Wildman–Crippen LogP) is 2.26. The third-order valence-electron chi connectivity index (χ3n) is 2.44. The summed E-state index contributed by atoms with van der Waals surface area (Å²) in [6, 6.07) is 4.45. The molecule has 1 heterocycles. The number of hydrogen-bond donors (Lipinski definition) is 1. The predicted molar refractivity (Wildman–Crippen MR) is 60.3 cm³/mol. The maximum absolute atomic E-state index is 11.0. The molecule has 0 bridgehead atoms. The Bertz CT molecular complexity index is 632. The van der Waals surface area contributed by atoms with Crippen LogP contribution in [0.3, 0.4) is 0 Å². The van der Waals surface area contributed by atoms with Crippen molar-refractivity contribution in [1.29, 1.82) is 0 Å². The number of aromatic carboxylic acids is 1. The smallest absolute Gasteiger partial charge is 0.358 e. The lowest BCUT2D eigenvalue weighted by Gasteiger charge is -2.04. The molecule has 0 aliphatic rings. The average Bonchev–Trinajstić information content (AvgIpc) is 2.77. The summed E-state index contributed by atoms with van der Waals surface area (Å²) in [5, 5.41) is 19.9. The van der Waals surface area contributed by atoms with Crippen LogP contribution < -0.4 is 0 Å². The molecule has 1 aromatic carbocycles. The molecule has 0 amide bonds. The molecule has 1 N–H and O–H groups in total. The Labute approximate surface area is 101 Å². The van der Waals surface area contributed by atoms with Crippen molar-refractivity contribution in [1.82, 2.24) is 4.98 Å². The van der Waals surface area contributed by atoms with Gasteiger partial charge in [0.05, 0.1) is 4.92 Å². The Balaban J connectivity index is 2.74. The van der Waals surface area contributed by atoms with E-state index in [2.05, 4.69) is 4.98 Å². The summed E-state index contributed by atoms with van der Waals surface area (Å²) >= 11 is 0. The number of carboxylic acids is 1. The normalized spacial score (nSPS) is 10.3. The van der Waals surface area contributed by atoms with Crippen molar-refractivity contribution in [2.75, 3.05) is 0 Å². The molecule has 0 aliphatic carbocycles. The first-order chi connectivity index (χ1) is 8.52. The molecule has 1 aromatic heterocycles. The Morgan fingerprint density at radius 3 is 2.83 bits per heavy atom. The van der Waals surface area contributed by atoms with Crippen molar-refractivity contribution in [2.24, 2.45) is 0 Å². The number of nitro benzene ring substituents is 1. The SMILES string of the molecule is Cc1cccc([N+](=O)[O-])c1-c1ocnc1C(=O)O. The van der Waals surface area contributed by atoms with Crippen LogP contribution in [-0.4, -0.2) is 21.0 Å². The number of aromatic nitrogens is 1. The van der Waals surface area contributed by atoms with Crippen LogP contribution in [-0.2, 0) is 0 Å². The molecule has 0 saturated carbocycles. The van der Waals surface area contributed by atoms with Gasteiger partial charge in [0.1, 0.15) is 5.56 Å². The molecule has 18 heavy (non-hydrogen) atoms. The summed E-state index contributed by atoms with van der Waals surface area (Å²) in [5.41, 5.74) is 0.127. The van der Waals surface area contributed by atoms with Gasteiger partial charge in [0.25, 0.3) is 5.69 Å². The van der Waals surface area contributed by atoms with E-state index in [4.69, 9.17) is 9.52 Å². The van der Waals surface area contributed by atoms with Crippen LogP contribution in [0.2, 0.25) is 0 Å². The fraction of sp³-hybridized carbons (Fsp3) is 0.0909. The number of aryl methyl sites for hydroxylation is 1. The van der Waals surface area contributed by atoms with E-state index in [-0.39, 0.29) is 22.7 Å². The zero-order valence-corrected chi connectivity index (χ0v) is 9.28. The van der Waals surface area contributed by atoms with Gasteiger partial charge in [-0.3, -0.25) is 10.1 Å². The van der Waals surface area contributed by atoms with Gasteiger partial charge in [0, 0.05) is 6.07 Å². The Morgan fingerprint density at radius 2 is 2.22 bits per heavy atom. The van der Waals surface area contributed by atoms with Gasteiger partial charge in [-0.2, -0.15) is 0 Å². The Morgan fingerprint density at radius 1 is 1.50 bits per heavy atom. The highest BCUT2D eigenvalue weighted by Gasteiger charge is 2.26. The van der Waals surface area contributed by atoms with Crippen LogP contribution in [0.5, 0.6) is 0 Å². The van der Waals surface area contributed by atoms with Crippen LogP contribution in [0.15, 0.2) is 29.0 Å². The lowest BCUT2D eigenvalue weighted by atomic mass is 10.0. The third-order valence-corrected chi connectivity index (χ3v) is 2.44. The Hall–Kier alpha value is -2.70. The zero-order valence-electron chi connectivity index (χ0n) is 9.28. The first kappa shape index (κ1) is 11.8. The van der Waals surface area contributed by atoms with E-state index in [0.29, 0.717) is 5.56 Å². The second-order valence-electron chi connectivity index (χ2n) is 3.56. The maximum Gasteiger partial charge on any atom is 0.358 e. The molecule has 0 fully saturated rings. The van der Waals surface area contributed by atoms with Crippen molar-refractivity contribution >= 4 is 11.7 Å². The van der Waals surface area contributed by atoms with Crippen molar-refractivity contribution in [3.63, 3.8) is 0 Å². The number of nitro groups is 1. The van der Waals surface area contributed by atoms with E-state index in [9.17, 15) is 14.9 Å². The highest BCUT2D eigenvalue weighted by molar-refractivity contribution is 5.94. The molecule has 0 saturated heterocycles. The largest absolute Gasteiger partial charge is 0.476 e. The molecule has 7 heteroatoms. The molecule has 0 unspecified atom stereocenters. The number of hydrogen-bond acceptors (Lipinski definition) is 5. The first-order valence-electron chi connectivity index (χ1n) is 4.93. The van der Waals surface area contributed by atoms with Crippen LogP contribution in [0.25, 0.3) is 11.3 Å². The summed E-state index contributed by atoms with van der Waals surface area (Å²) < 4.78 is 4.99. The second kappa shape index (κ2) is 4.28. The summed E-state index contributed by atoms with van der Waals surface area (Å²) in [6.45, 7) is 1.64. The van der Waals surface area contributed by atoms with Gasteiger partial charge >= 0.3 is 5.97 Å². The van der Waals surface area contributed by atoms with E-state index in [1.807, 2.05) is 0 Å². The number of rotatable bonds is 3. The van der Waals surface area contributed by atoms with Crippen molar-refractivity contribution in [3.8, 4) is 11.3 Å². The summed E-state index contributed by atoms with van der Waals surface area (Å²) in [6.07, 6.45) is 0.953. The van der Waals surface area contributed by atoms with E-state index >= 15 is 0 Å². The van der Waals surface area contributed by atoms with Gasteiger partial charge in [-0.15, -0.1) is 0 Å². The van der Waals surface area contributed by atoms with E-state index in [1.165, 1.54) is 12.1 Å². The molecule has 2 aromatic rings. The average molecular weight is 248 g/mol. The quantitative estimate of drug-likeness (QED) is 0.659. The molecular formula is C11H8N2O5. The zero-order chi connectivity index (χ0) is 13.3. The number of benzene rings is 1. The molecule has 7 nitrogen and oxygen atoms in total. The van der Waals surface area contributed by atoms with Gasteiger partial charge in [-0.25, -0.2) is 9.78 Å². The highest BCUT2D eigenvalue weighted by Crippen LogP contribution is 2.34. The Kier molecular flexibility index (Phi) is 2.80. The fourth-order valence-electron chi connectivity index (χ4n) is 1.68.